The van der Waals surface area contributed by atoms with Crippen molar-refractivity contribution in [1.82, 2.24) is 10.2 Å². The Kier molecular flexibility index (Phi) is 5.37. The zero-order valence-corrected chi connectivity index (χ0v) is 14.6. The number of amides is 3. The minimum absolute atomic E-state index is 0.0837. The van der Waals surface area contributed by atoms with E-state index in [0.29, 0.717) is 24.7 Å². The molecule has 126 valence electrons. The van der Waals surface area contributed by atoms with Crippen molar-refractivity contribution in [3.05, 3.63) is 51.7 Å². The van der Waals surface area contributed by atoms with Gasteiger partial charge in [0.05, 0.1) is 0 Å². The van der Waals surface area contributed by atoms with Gasteiger partial charge in [-0.1, -0.05) is 23.7 Å². The van der Waals surface area contributed by atoms with E-state index in [-0.39, 0.29) is 18.5 Å². The van der Waals surface area contributed by atoms with Crippen LogP contribution >= 0.6 is 22.9 Å². The number of hydrogen-bond donors (Lipinski definition) is 1. The van der Waals surface area contributed by atoms with Gasteiger partial charge in [-0.3, -0.25) is 9.69 Å². The van der Waals surface area contributed by atoms with Crippen molar-refractivity contribution in [2.45, 2.75) is 6.42 Å². The normalized spacial score (nSPS) is 14.3. The van der Waals surface area contributed by atoms with E-state index < -0.39 is 0 Å². The fraction of sp³-hybridized carbons (Fsp3) is 0.294. The van der Waals surface area contributed by atoms with Crippen molar-refractivity contribution in [1.29, 1.82) is 0 Å². The first-order valence-corrected chi connectivity index (χ1v) is 9.00. The molecule has 5 nitrogen and oxygen atoms in total. The Balaban J connectivity index is 1.49. The summed E-state index contributed by atoms with van der Waals surface area (Å²) in [5.41, 5.74) is 0.758. The highest BCUT2D eigenvalue weighted by Crippen LogP contribution is 2.23. The number of urea groups is 1. The number of halogens is 1. The minimum atomic E-state index is -0.161. The second-order valence-electron chi connectivity index (χ2n) is 5.51. The Hall–Kier alpha value is -2.05. The lowest BCUT2D eigenvalue weighted by molar-refractivity contribution is -0.121. The van der Waals surface area contributed by atoms with Gasteiger partial charge in [0.25, 0.3) is 0 Å². The third-order valence-corrected chi connectivity index (χ3v) is 4.99. The van der Waals surface area contributed by atoms with Crippen molar-refractivity contribution in [2.75, 3.05) is 31.1 Å². The van der Waals surface area contributed by atoms with Crippen LogP contribution in [-0.4, -0.2) is 43.0 Å². The summed E-state index contributed by atoms with van der Waals surface area (Å²) >= 11 is 7.65. The van der Waals surface area contributed by atoms with Crippen LogP contribution in [-0.2, 0) is 11.2 Å². The van der Waals surface area contributed by atoms with Crippen molar-refractivity contribution < 1.29 is 9.59 Å². The first-order valence-electron chi connectivity index (χ1n) is 7.74. The van der Waals surface area contributed by atoms with Gasteiger partial charge >= 0.3 is 6.03 Å². The minimum Gasteiger partial charge on any atom is -0.354 e. The summed E-state index contributed by atoms with van der Waals surface area (Å²) in [7, 11) is 0. The number of hydrogen-bond acceptors (Lipinski definition) is 3. The average Bonchev–Trinajstić information content (AvgIpc) is 3.18. The summed E-state index contributed by atoms with van der Waals surface area (Å²) in [4.78, 5) is 28.9. The van der Waals surface area contributed by atoms with E-state index in [9.17, 15) is 9.59 Å². The molecule has 0 radical (unpaired) electrons. The van der Waals surface area contributed by atoms with Crippen LogP contribution < -0.4 is 10.2 Å². The lowest BCUT2D eigenvalue weighted by atomic mass is 10.3. The number of benzene rings is 1. The first-order chi connectivity index (χ1) is 11.6. The smallest absolute Gasteiger partial charge is 0.325 e. The summed E-state index contributed by atoms with van der Waals surface area (Å²) in [5.74, 6) is -0.132. The molecule has 24 heavy (non-hydrogen) atoms. The molecule has 1 aromatic carbocycles. The third-order valence-electron chi connectivity index (χ3n) is 3.82. The molecule has 0 saturated carbocycles. The predicted molar refractivity (Wildman–Crippen MR) is 96.8 cm³/mol. The van der Waals surface area contributed by atoms with E-state index in [1.807, 2.05) is 29.6 Å². The Bertz CT molecular complexity index is 720. The molecule has 1 aromatic heterocycles. The number of thiophene rings is 1. The van der Waals surface area contributed by atoms with Crippen LogP contribution in [0.5, 0.6) is 0 Å². The maximum absolute atomic E-state index is 12.4. The van der Waals surface area contributed by atoms with Gasteiger partial charge < -0.3 is 10.2 Å². The monoisotopic (exact) mass is 363 g/mol. The van der Waals surface area contributed by atoms with Gasteiger partial charge in [0.1, 0.15) is 6.54 Å². The first kappa shape index (κ1) is 16.8. The molecular formula is C17H18ClN3O2S. The molecule has 0 spiro atoms. The van der Waals surface area contributed by atoms with Crippen molar-refractivity contribution in [2.24, 2.45) is 0 Å². The second-order valence-corrected chi connectivity index (χ2v) is 6.98. The zero-order chi connectivity index (χ0) is 16.9. The van der Waals surface area contributed by atoms with Gasteiger partial charge in [0, 0.05) is 35.2 Å². The summed E-state index contributed by atoms with van der Waals surface area (Å²) < 4.78 is 0. The fourth-order valence-electron chi connectivity index (χ4n) is 2.62. The molecule has 0 atom stereocenters. The number of nitrogens with one attached hydrogen (secondary N) is 1. The maximum atomic E-state index is 12.4. The standard InChI is InChI=1S/C17H18ClN3O2S/c18-13-3-1-4-14(11-13)21-9-8-20(17(21)23)12-16(22)19-7-6-15-5-2-10-24-15/h1-5,10-11H,6-9,12H2,(H,19,22). The number of anilines is 1. The van der Waals surface area contributed by atoms with Crippen LogP contribution in [0.15, 0.2) is 41.8 Å². The number of nitrogens with zero attached hydrogens (tertiary/aromatic N) is 2. The summed E-state index contributed by atoms with van der Waals surface area (Å²) in [6.45, 7) is 1.76. The highest BCUT2D eigenvalue weighted by molar-refractivity contribution is 7.09. The van der Waals surface area contributed by atoms with Gasteiger partial charge in [-0.15, -0.1) is 11.3 Å². The largest absolute Gasteiger partial charge is 0.354 e. The average molecular weight is 364 g/mol. The van der Waals surface area contributed by atoms with E-state index in [2.05, 4.69) is 5.32 Å². The third kappa shape index (κ3) is 4.07. The van der Waals surface area contributed by atoms with Crippen molar-refractivity contribution >= 4 is 40.6 Å². The summed E-state index contributed by atoms with van der Waals surface area (Å²) in [6, 6.07) is 11.1. The highest BCUT2D eigenvalue weighted by Gasteiger charge is 2.30. The van der Waals surface area contributed by atoms with Gasteiger partial charge in [-0.25, -0.2) is 4.79 Å². The molecule has 1 N–H and O–H groups in total. The van der Waals surface area contributed by atoms with Gasteiger partial charge in [0.2, 0.25) is 5.91 Å². The highest BCUT2D eigenvalue weighted by atomic mass is 35.5. The molecule has 3 amide bonds. The molecule has 2 aromatic rings. The molecule has 1 aliphatic rings. The summed E-state index contributed by atoms with van der Waals surface area (Å²) in [6.07, 6.45) is 0.812. The van der Waals surface area contributed by atoms with Gasteiger partial charge in [-0.2, -0.15) is 0 Å². The SMILES string of the molecule is O=C(CN1CCN(c2cccc(Cl)c2)C1=O)NCCc1cccs1. The molecule has 0 aliphatic carbocycles. The molecule has 0 unspecified atom stereocenters. The van der Waals surface area contributed by atoms with E-state index in [1.165, 1.54) is 4.88 Å². The van der Waals surface area contributed by atoms with E-state index in [1.54, 1.807) is 33.3 Å². The van der Waals surface area contributed by atoms with Crippen molar-refractivity contribution in [3.8, 4) is 0 Å². The van der Waals surface area contributed by atoms with Crippen LogP contribution in [0.1, 0.15) is 4.88 Å². The molecule has 1 fully saturated rings. The number of carbonyl (C=O) groups excluding carboxylic acids is 2. The quantitative estimate of drug-likeness (QED) is 0.857. The number of rotatable bonds is 6. The Morgan fingerprint density at radius 1 is 1.25 bits per heavy atom. The molecule has 1 aliphatic heterocycles. The topological polar surface area (TPSA) is 52.7 Å². The molecule has 3 rings (SSSR count). The van der Waals surface area contributed by atoms with Crippen LogP contribution in [0.2, 0.25) is 5.02 Å². The number of carbonyl (C=O) groups is 2. The van der Waals surface area contributed by atoms with Crippen molar-refractivity contribution in [3.63, 3.8) is 0 Å². The van der Waals surface area contributed by atoms with Crippen LogP contribution in [0.3, 0.4) is 0 Å². The van der Waals surface area contributed by atoms with E-state index in [0.717, 1.165) is 12.1 Å². The molecule has 7 heteroatoms. The molecule has 1 saturated heterocycles. The predicted octanol–water partition coefficient (Wildman–Crippen LogP) is 3.00. The Morgan fingerprint density at radius 2 is 2.12 bits per heavy atom. The summed E-state index contributed by atoms with van der Waals surface area (Å²) in [5, 5.41) is 5.47. The van der Waals surface area contributed by atoms with E-state index >= 15 is 0 Å². The van der Waals surface area contributed by atoms with Gasteiger partial charge in [0.15, 0.2) is 0 Å². The molecule has 0 bridgehead atoms. The second kappa shape index (κ2) is 7.68. The van der Waals surface area contributed by atoms with Crippen LogP contribution in [0.25, 0.3) is 0 Å². The van der Waals surface area contributed by atoms with Crippen LogP contribution in [0.4, 0.5) is 10.5 Å². The Labute approximate surface area is 149 Å². The molecular weight excluding hydrogens is 346 g/mol. The lowest BCUT2D eigenvalue weighted by Gasteiger charge is -2.18. The van der Waals surface area contributed by atoms with E-state index in [4.69, 9.17) is 11.6 Å². The van der Waals surface area contributed by atoms with Crippen LogP contribution in [0, 0.1) is 0 Å². The lowest BCUT2D eigenvalue weighted by Crippen LogP contribution is -2.40. The Morgan fingerprint density at radius 3 is 2.88 bits per heavy atom. The van der Waals surface area contributed by atoms with Gasteiger partial charge in [-0.05, 0) is 36.1 Å². The maximum Gasteiger partial charge on any atom is 0.325 e. The molecule has 2 heterocycles. The zero-order valence-electron chi connectivity index (χ0n) is 13.1. The fourth-order valence-corrected chi connectivity index (χ4v) is 3.52.